The normalized spacial score (nSPS) is 15.8. The molecule has 1 aromatic heterocycles. The van der Waals surface area contributed by atoms with Crippen LogP contribution in [0.3, 0.4) is 0 Å². The van der Waals surface area contributed by atoms with E-state index in [1.807, 2.05) is 66.4 Å². The first kappa shape index (κ1) is 21.4. The molecule has 33 heavy (non-hydrogen) atoms. The largest absolute Gasteiger partial charge is 0.328 e. The highest BCUT2D eigenvalue weighted by Gasteiger charge is 2.34. The molecule has 1 fully saturated rings. The van der Waals surface area contributed by atoms with Gasteiger partial charge in [-0.2, -0.15) is 0 Å². The summed E-state index contributed by atoms with van der Waals surface area (Å²) in [5.74, 6) is 0.570. The van der Waals surface area contributed by atoms with E-state index in [-0.39, 0.29) is 17.5 Å². The van der Waals surface area contributed by atoms with Gasteiger partial charge < -0.3 is 4.90 Å². The second kappa shape index (κ2) is 8.83. The molecule has 2 heterocycles. The molecule has 0 radical (unpaired) electrons. The van der Waals surface area contributed by atoms with Gasteiger partial charge in [0.25, 0.3) is 11.5 Å². The molecule has 5 nitrogen and oxygen atoms in total. The van der Waals surface area contributed by atoms with Gasteiger partial charge in [0, 0.05) is 17.1 Å². The van der Waals surface area contributed by atoms with Crippen molar-refractivity contribution in [3.05, 3.63) is 111 Å². The Morgan fingerprint density at radius 2 is 1.82 bits per heavy atom. The fourth-order valence-electron chi connectivity index (χ4n) is 4.52. The van der Waals surface area contributed by atoms with Crippen molar-refractivity contribution in [2.24, 2.45) is 0 Å². The van der Waals surface area contributed by atoms with E-state index in [0.717, 1.165) is 24.0 Å². The standard InChI is InChI=1S/C27H24ClN3O2/c1-18-9-11-20(12-10-18)26(32)30-15-5-8-24(30)25-29-23-16-21(28)13-14-22(23)27(33)31(25)17-19-6-3-2-4-7-19/h2-4,6-7,9-14,16,24H,5,8,15,17H2,1H3. The van der Waals surface area contributed by atoms with E-state index in [1.54, 1.807) is 22.8 Å². The van der Waals surface area contributed by atoms with Crippen LogP contribution in [0.15, 0.2) is 77.6 Å². The number of carbonyl (C=O) groups excluding carboxylic acids is 1. The molecule has 166 valence electrons. The van der Waals surface area contributed by atoms with E-state index >= 15 is 0 Å². The van der Waals surface area contributed by atoms with Crippen molar-refractivity contribution in [1.82, 2.24) is 14.5 Å². The third kappa shape index (κ3) is 4.16. The Morgan fingerprint density at radius 1 is 1.06 bits per heavy atom. The number of rotatable bonds is 4. The predicted octanol–water partition coefficient (Wildman–Crippen LogP) is 5.38. The number of likely N-dealkylation sites (tertiary alicyclic amines) is 1. The van der Waals surface area contributed by atoms with Gasteiger partial charge in [-0.25, -0.2) is 4.98 Å². The predicted molar refractivity (Wildman–Crippen MR) is 131 cm³/mol. The summed E-state index contributed by atoms with van der Waals surface area (Å²) < 4.78 is 1.72. The summed E-state index contributed by atoms with van der Waals surface area (Å²) in [6, 6.07) is 22.3. The first-order chi connectivity index (χ1) is 16.0. The molecular weight excluding hydrogens is 434 g/mol. The second-order valence-corrected chi connectivity index (χ2v) is 8.97. The van der Waals surface area contributed by atoms with Gasteiger partial charge in [0.15, 0.2) is 0 Å². The van der Waals surface area contributed by atoms with Crippen LogP contribution in [0.1, 0.15) is 46.2 Å². The molecule has 1 saturated heterocycles. The molecule has 1 aliphatic heterocycles. The van der Waals surface area contributed by atoms with E-state index < -0.39 is 0 Å². The Bertz CT molecular complexity index is 1380. The molecule has 0 bridgehead atoms. The van der Waals surface area contributed by atoms with Crippen molar-refractivity contribution in [1.29, 1.82) is 0 Å². The fraction of sp³-hybridized carbons (Fsp3) is 0.222. The van der Waals surface area contributed by atoms with E-state index in [1.165, 1.54) is 0 Å². The fourth-order valence-corrected chi connectivity index (χ4v) is 4.69. The molecule has 0 saturated carbocycles. The minimum Gasteiger partial charge on any atom is -0.328 e. The molecule has 4 aromatic rings. The number of aryl methyl sites for hydroxylation is 1. The summed E-state index contributed by atoms with van der Waals surface area (Å²) >= 11 is 6.21. The van der Waals surface area contributed by atoms with Crippen LogP contribution in [0.4, 0.5) is 0 Å². The lowest BCUT2D eigenvalue weighted by atomic mass is 10.1. The number of carbonyl (C=O) groups is 1. The minimum atomic E-state index is -0.279. The van der Waals surface area contributed by atoms with Crippen molar-refractivity contribution in [3.8, 4) is 0 Å². The summed E-state index contributed by atoms with van der Waals surface area (Å²) in [5.41, 5.74) is 3.19. The summed E-state index contributed by atoms with van der Waals surface area (Å²) in [6.07, 6.45) is 1.61. The van der Waals surface area contributed by atoms with Crippen LogP contribution in [-0.4, -0.2) is 26.9 Å². The van der Waals surface area contributed by atoms with Crippen molar-refractivity contribution in [2.75, 3.05) is 6.54 Å². The van der Waals surface area contributed by atoms with Crippen molar-refractivity contribution >= 4 is 28.4 Å². The van der Waals surface area contributed by atoms with Crippen LogP contribution < -0.4 is 5.56 Å². The molecule has 6 heteroatoms. The Hall–Kier alpha value is -3.44. The lowest BCUT2D eigenvalue weighted by Crippen LogP contribution is -2.35. The number of halogens is 1. The lowest BCUT2D eigenvalue weighted by Gasteiger charge is -2.27. The minimum absolute atomic E-state index is 0.0378. The van der Waals surface area contributed by atoms with E-state index in [0.29, 0.717) is 40.4 Å². The average Bonchev–Trinajstić information content (AvgIpc) is 3.31. The summed E-state index contributed by atoms with van der Waals surface area (Å²) in [6.45, 7) is 3.02. The Labute approximate surface area is 197 Å². The lowest BCUT2D eigenvalue weighted by molar-refractivity contribution is 0.0727. The van der Waals surface area contributed by atoms with Gasteiger partial charge in [-0.1, -0.05) is 59.6 Å². The van der Waals surface area contributed by atoms with Crippen molar-refractivity contribution in [2.45, 2.75) is 32.4 Å². The van der Waals surface area contributed by atoms with Crippen LogP contribution in [0.5, 0.6) is 0 Å². The third-order valence-corrected chi connectivity index (χ3v) is 6.48. The number of fused-ring (bicyclic) bond motifs is 1. The van der Waals surface area contributed by atoms with Crippen LogP contribution in [0.25, 0.3) is 10.9 Å². The van der Waals surface area contributed by atoms with E-state index in [2.05, 4.69) is 0 Å². The summed E-state index contributed by atoms with van der Waals surface area (Å²) in [5, 5.41) is 1.05. The van der Waals surface area contributed by atoms with Crippen LogP contribution in [-0.2, 0) is 6.54 Å². The van der Waals surface area contributed by atoms with Gasteiger partial charge in [-0.3, -0.25) is 14.2 Å². The molecule has 1 amide bonds. The maximum absolute atomic E-state index is 13.6. The molecule has 5 rings (SSSR count). The number of amides is 1. The van der Waals surface area contributed by atoms with Gasteiger partial charge >= 0.3 is 0 Å². The van der Waals surface area contributed by atoms with Gasteiger partial charge in [-0.05, 0) is 55.7 Å². The molecule has 0 N–H and O–H groups in total. The monoisotopic (exact) mass is 457 g/mol. The molecule has 0 spiro atoms. The first-order valence-corrected chi connectivity index (χ1v) is 11.5. The average molecular weight is 458 g/mol. The zero-order valence-corrected chi connectivity index (χ0v) is 19.1. The Balaban J connectivity index is 1.63. The number of hydrogen-bond acceptors (Lipinski definition) is 3. The maximum Gasteiger partial charge on any atom is 0.261 e. The highest BCUT2D eigenvalue weighted by molar-refractivity contribution is 6.31. The number of aromatic nitrogens is 2. The van der Waals surface area contributed by atoms with Gasteiger partial charge in [-0.15, -0.1) is 0 Å². The zero-order valence-electron chi connectivity index (χ0n) is 18.4. The Kier molecular flexibility index (Phi) is 5.73. The van der Waals surface area contributed by atoms with Crippen LogP contribution in [0, 0.1) is 6.92 Å². The summed E-state index contributed by atoms with van der Waals surface area (Å²) in [4.78, 5) is 33.7. The number of benzene rings is 3. The highest BCUT2D eigenvalue weighted by Crippen LogP contribution is 2.33. The number of hydrogen-bond donors (Lipinski definition) is 0. The van der Waals surface area contributed by atoms with Crippen LogP contribution >= 0.6 is 11.6 Å². The smallest absolute Gasteiger partial charge is 0.261 e. The Morgan fingerprint density at radius 3 is 2.58 bits per heavy atom. The van der Waals surface area contributed by atoms with E-state index in [4.69, 9.17) is 16.6 Å². The molecule has 1 aliphatic rings. The van der Waals surface area contributed by atoms with Crippen LogP contribution in [0.2, 0.25) is 5.02 Å². The second-order valence-electron chi connectivity index (χ2n) is 8.53. The topological polar surface area (TPSA) is 55.2 Å². The van der Waals surface area contributed by atoms with Gasteiger partial charge in [0.2, 0.25) is 0 Å². The quantitative estimate of drug-likeness (QED) is 0.413. The molecule has 0 aliphatic carbocycles. The van der Waals surface area contributed by atoms with Gasteiger partial charge in [0.1, 0.15) is 5.82 Å². The highest BCUT2D eigenvalue weighted by atomic mass is 35.5. The molecule has 1 atom stereocenters. The van der Waals surface area contributed by atoms with Crippen molar-refractivity contribution < 1.29 is 4.79 Å². The molecule has 3 aromatic carbocycles. The SMILES string of the molecule is Cc1ccc(C(=O)N2CCCC2c2nc3cc(Cl)ccc3c(=O)n2Cc2ccccc2)cc1. The molecule has 1 unspecified atom stereocenters. The third-order valence-electron chi connectivity index (χ3n) is 6.24. The maximum atomic E-state index is 13.6. The number of nitrogens with zero attached hydrogens (tertiary/aromatic N) is 3. The van der Waals surface area contributed by atoms with Crippen molar-refractivity contribution in [3.63, 3.8) is 0 Å². The zero-order chi connectivity index (χ0) is 22.9. The van der Waals surface area contributed by atoms with Gasteiger partial charge in [0.05, 0.1) is 23.5 Å². The summed E-state index contributed by atoms with van der Waals surface area (Å²) in [7, 11) is 0. The van der Waals surface area contributed by atoms with E-state index in [9.17, 15) is 9.59 Å². The molecular formula is C27H24ClN3O2. The first-order valence-electron chi connectivity index (χ1n) is 11.1.